The van der Waals surface area contributed by atoms with Crippen LogP contribution in [0.25, 0.3) is 0 Å². The number of aromatic nitrogens is 1. The Morgan fingerprint density at radius 3 is 3.06 bits per heavy atom. The Hall–Kier alpha value is -0.930. The van der Waals surface area contributed by atoms with E-state index in [-0.39, 0.29) is 0 Å². The van der Waals surface area contributed by atoms with Gasteiger partial charge in [-0.1, -0.05) is 19.9 Å². The van der Waals surface area contributed by atoms with Crippen LogP contribution in [0.15, 0.2) is 24.4 Å². The lowest BCUT2D eigenvalue weighted by atomic mass is 10.1. The zero-order chi connectivity index (χ0) is 12.8. The summed E-state index contributed by atoms with van der Waals surface area (Å²) < 4.78 is 0. The zero-order valence-corrected chi connectivity index (χ0v) is 11.6. The van der Waals surface area contributed by atoms with Gasteiger partial charge in [-0.05, 0) is 50.0 Å². The standard InChI is InChI=1S/C15H25N3/c1-13(2)9-16-10-14-6-8-18(11-14)12-15-5-3-4-7-17-15/h3-5,7,13-14,16H,6,8-12H2,1-2H3. The molecule has 1 aliphatic heterocycles. The third kappa shape index (κ3) is 4.39. The molecule has 1 aromatic heterocycles. The van der Waals surface area contributed by atoms with Crippen LogP contribution in [-0.4, -0.2) is 36.1 Å². The molecule has 0 amide bonds. The number of nitrogens with one attached hydrogen (secondary N) is 1. The summed E-state index contributed by atoms with van der Waals surface area (Å²) in [7, 11) is 0. The van der Waals surface area contributed by atoms with Crippen molar-refractivity contribution >= 4 is 0 Å². The van der Waals surface area contributed by atoms with Crippen LogP contribution in [0, 0.1) is 11.8 Å². The Kier molecular flexibility index (Phi) is 5.14. The Labute approximate surface area is 111 Å². The van der Waals surface area contributed by atoms with Gasteiger partial charge in [0.05, 0.1) is 5.69 Å². The van der Waals surface area contributed by atoms with Crippen LogP contribution in [-0.2, 0) is 6.54 Å². The first kappa shape index (κ1) is 13.5. The lowest BCUT2D eigenvalue weighted by Crippen LogP contribution is -2.28. The van der Waals surface area contributed by atoms with E-state index in [0.717, 1.165) is 31.5 Å². The van der Waals surface area contributed by atoms with Crippen molar-refractivity contribution in [2.24, 2.45) is 11.8 Å². The van der Waals surface area contributed by atoms with E-state index in [0.29, 0.717) is 0 Å². The van der Waals surface area contributed by atoms with Gasteiger partial charge in [0.2, 0.25) is 0 Å². The molecule has 1 aliphatic rings. The normalized spacial score (nSPS) is 20.7. The maximum absolute atomic E-state index is 4.40. The van der Waals surface area contributed by atoms with E-state index < -0.39 is 0 Å². The van der Waals surface area contributed by atoms with E-state index in [1.54, 1.807) is 0 Å². The van der Waals surface area contributed by atoms with Gasteiger partial charge in [-0.25, -0.2) is 0 Å². The molecule has 1 fully saturated rings. The predicted octanol–water partition coefficient (Wildman–Crippen LogP) is 2.15. The highest BCUT2D eigenvalue weighted by Gasteiger charge is 2.22. The Morgan fingerprint density at radius 2 is 2.33 bits per heavy atom. The highest BCUT2D eigenvalue weighted by molar-refractivity contribution is 5.03. The van der Waals surface area contributed by atoms with E-state index in [9.17, 15) is 0 Å². The number of hydrogen-bond acceptors (Lipinski definition) is 3. The second-order valence-corrected chi connectivity index (χ2v) is 5.76. The van der Waals surface area contributed by atoms with Crippen LogP contribution in [0.3, 0.4) is 0 Å². The van der Waals surface area contributed by atoms with Gasteiger partial charge in [0.1, 0.15) is 0 Å². The summed E-state index contributed by atoms with van der Waals surface area (Å²) in [5.74, 6) is 1.56. The van der Waals surface area contributed by atoms with E-state index in [1.165, 1.54) is 25.2 Å². The minimum Gasteiger partial charge on any atom is -0.316 e. The largest absolute Gasteiger partial charge is 0.316 e. The summed E-state index contributed by atoms with van der Waals surface area (Å²) in [4.78, 5) is 6.91. The molecule has 3 heteroatoms. The molecule has 0 radical (unpaired) electrons. The Bertz CT molecular complexity index is 337. The van der Waals surface area contributed by atoms with Gasteiger partial charge in [-0.15, -0.1) is 0 Å². The number of nitrogens with zero attached hydrogens (tertiary/aromatic N) is 2. The van der Waals surface area contributed by atoms with Gasteiger partial charge in [-0.3, -0.25) is 9.88 Å². The minimum absolute atomic E-state index is 0.746. The monoisotopic (exact) mass is 247 g/mol. The summed E-state index contributed by atoms with van der Waals surface area (Å²) in [5.41, 5.74) is 1.19. The molecule has 2 rings (SSSR count). The van der Waals surface area contributed by atoms with E-state index in [4.69, 9.17) is 0 Å². The van der Waals surface area contributed by atoms with Crippen LogP contribution in [0.1, 0.15) is 26.0 Å². The smallest absolute Gasteiger partial charge is 0.0543 e. The maximum atomic E-state index is 4.40. The molecule has 0 aromatic carbocycles. The molecule has 1 N–H and O–H groups in total. The SMILES string of the molecule is CC(C)CNCC1CCN(Cc2ccccn2)C1. The molecule has 100 valence electrons. The van der Waals surface area contributed by atoms with Gasteiger partial charge in [0.25, 0.3) is 0 Å². The molecule has 0 saturated carbocycles. The molecular formula is C15H25N3. The summed E-state index contributed by atoms with van der Waals surface area (Å²) in [5, 5.41) is 3.57. The summed E-state index contributed by atoms with van der Waals surface area (Å²) in [6.45, 7) is 10.2. The molecule has 1 aromatic rings. The predicted molar refractivity (Wildman–Crippen MR) is 75.3 cm³/mol. The first-order valence-corrected chi connectivity index (χ1v) is 7.07. The Balaban J connectivity index is 1.69. The van der Waals surface area contributed by atoms with Gasteiger partial charge in [0, 0.05) is 19.3 Å². The zero-order valence-electron chi connectivity index (χ0n) is 11.6. The molecule has 2 heterocycles. The lowest BCUT2D eigenvalue weighted by Gasteiger charge is -2.16. The number of hydrogen-bond donors (Lipinski definition) is 1. The molecule has 0 bridgehead atoms. The topological polar surface area (TPSA) is 28.2 Å². The van der Waals surface area contributed by atoms with Crippen molar-refractivity contribution in [3.05, 3.63) is 30.1 Å². The minimum atomic E-state index is 0.746. The van der Waals surface area contributed by atoms with Crippen molar-refractivity contribution < 1.29 is 0 Å². The van der Waals surface area contributed by atoms with Crippen LogP contribution >= 0.6 is 0 Å². The summed E-state index contributed by atoms with van der Waals surface area (Å²) >= 11 is 0. The van der Waals surface area contributed by atoms with Crippen molar-refractivity contribution in [1.29, 1.82) is 0 Å². The lowest BCUT2D eigenvalue weighted by molar-refractivity contribution is 0.310. The average molecular weight is 247 g/mol. The Morgan fingerprint density at radius 1 is 1.44 bits per heavy atom. The van der Waals surface area contributed by atoms with E-state index >= 15 is 0 Å². The number of likely N-dealkylation sites (tertiary alicyclic amines) is 1. The van der Waals surface area contributed by atoms with Crippen molar-refractivity contribution in [3.8, 4) is 0 Å². The molecule has 18 heavy (non-hydrogen) atoms. The second kappa shape index (κ2) is 6.86. The number of pyridine rings is 1. The van der Waals surface area contributed by atoms with Crippen molar-refractivity contribution in [2.45, 2.75) is 26.8 Å². The fourth-order valence-electron chi connectivity index (χ4n) is 2.52. The maximum Gasteiger partial charge on any atom is 0.0543 e. The highest BCUT2D eigenvalue weighted by Crippen LogP contribution is 2.17. The quantitative estimate of drug-likeness (QED) is 0.835. The third-order valence-electron chi connectivity index (χ3n) is 3.47. The summed E-state index contributed by atoms with van der Waals surface area (Å²) in [6.07, 6.45) is 3.20. The summed E-state index contributed by atoms with van der Waals surface area (Å²) in [6, 6.07) is 6.16. The van der Waals surface area contributed by atoms with Crippen LogP contribution < -0.4 is 5.32 Å². The highest BCUT2D eigenvalue weighted by atomic mass is 15.2. The van der Waals surface area contributed by atoms with Crippen LogP contribution in [0.5, 0.6) is 0 Å². The van der Waals surface area contributed by atoms with Gasteiger partial charge in [0.15, 0.2) is 0 Å². The molecule has 1 unspecified atom stereocenters. The van der Waals surface area contributed by atoms with Crippen molar-refractivity contribution in [1.82, 2.24) is 15.2 Å². The van der Waals surface area contributed by atoms with E-state index in [2.05, 4.69) is 41.2 Å². The molecule has 0 aliphatic carbocycles. The fourth-order valence-corrected chi connectivity index (χ4v) is 2.52. The first-order valence-electron chi connectivity index (χ1n) is 7.07. The molecular weight excluding hydrogens is 222 g/mol. The van der Waals surface area contributed by atoms with Gasteiger partial charge in [-0.2, -0.15) is 0 Å². The van der Waals surface area contributed by atoms with Crippen LogP contribution in [0.4, 0.5) is 0 Å². The average Bonchev–Trinajstić information content (AvgIpc) is 2.78. The first-order chi connectivity index (χ1) is 8.74. The van der Waals surface area contributed by atoms with E-state index in [1.807, 2.05) is 12.3 Å². The molecule has 1 atom stereocenters. The van der Waals surface area contributed by atoms with Gasteiger partial charge >= 0.3 is 0 Å². The number of rotatable bonds is 6. The van der Waals surface area contributed by atoms with Crippen molar-refractivity contribution in [2.75, 3.05) is 26.2 Å². The second-order valence-electron chi connectivity index (χ2n) is 5.76. The molecule has 1 saturated heterocycles. The van der Waals surface area contributed by atoms with Gasteiger partial charge < -0.3 is 5.32 Å². The third-order valence-corrected chi connectivity index (χ3v) is 3.47. The van der Waals surface area contributed by atoms with Crippen molar-refractivity contribution in [3.63, 3.8) is 0 Å². The van der Waals surface area contributed by atoms with Crippen LogP contribution in [0.2, 0.25) is 0 Å². The fraction of sp³-hybridized carbons (Fsp3) is 0.667. The molecule has 0 spiro atoms. The molecule has 3 nitrogen and oxygen atoms in total.